The van der Waals surface area contributed by atoms with E-state index in [1.165, 1.54) is 5.56 Å². The SMILES string of the molecule is Cn1ncc2c(N)nc(NCc3cccc(Cn4ccnc4)c3)nc21. The topological polar surface area (TPSA) is 99.5 Å². The van der Waals surface area contributed by atoms with E-state index in [4.69, 9.17) is 5.73 Å². The summed E-state index contributed by atoms with van der Waals surface area (Å²) in [5.41, 5.74) is 9.05. The van der Waals surface area contributed by atoms with Crippen LogP contribution in [0.5, 0.6) is 0 Å². The van der Waals surface area contributed by atoms with Crippen molar-refractivity contribution >= 4 is 22.8 Å². The maximum absolute atomic E-state index is 5.99. The Kier molecular flexibility index (Phi) is 3.77. The monoisotopic (exact) mass is 334 g/mol. The van der Waals surface area contributed by atoms with Crippen LogP contribution in [0.3, 0.4) is 0 Å². The smallest absolute Gasteiger partial charge is 0.226 e. The van der Waals surface area contributed by atoms with Crippen LogP contribution in [0.25, 0.3) is 11.0 Å². The molecule has 0 radical (unpaired) electrons. The fourth-order valence-electron chi connectivity index (χ4n) is 2.73. The van der Waals surface area contributed by atoms with Crippen molar-refractivity contribution in [3.8, 4) is 0 Å². The van der Waals surface area contributed by atoms with Crippen molar-refractivity contribution in [2.45, 2.75) is 13.1 Å². The number of nitrogens with one attached hydrogen (secondary N) is 1. The average Bonchev–Trinajstić information content (AvgIpc) is 3.24. The van der Waals surface area contributed by atoms with Crippen LogP contribution in [-0.4, -0.2) is 29.3 Å². The molecule has 1 aromatic carbocycles. The highest BCUT2D eigenvalue weighted by atomic mass is 15.3. The second-order valence-electron chi connectivity index (χ2n) is 5.85. The lowest BCUT2D eigenvalue weighted by atomic mass is 10.1. The van der Waals surface area contributed by atoms with E-state index >= 15 is 0 Å². The van der Waals surface area contributed by atoms with Crippen molar-refractivity contribution in [3.63, 3.8) is 0 Å². The Morgan fingerprint density at radius 1 is 1.20 bits per heavy atom. The summed E-state index contributed by atoms with van der Waals surface area (Å²) in [5.74, 6) is 0.920. The van der Waals surface area contributed by atoms with E-state index in [-0.39, 0.29) is 0 Å². The van der Waals surface area contributed by atoms with Gasteiger partial charge in [0.25, 0.3) is 0 Å². The Hall–Kier alpha value is -3.42. The molecule has 3 N–H and O–H groups in total. The number of nitrogens with two attached hydrogens (primary N) is 1. The summed E-state index contributed by atoms with van der Waals surface area (Å²) in [4.78, 5) is 12.9. The Bertz CT molecular complexity index is 1000. The van der Waals surface area contributed by atoms with Gasteiger partial charge in [0.1, 0.15) is 5.82 Å². The molecule has 8 heteroatoms. The van der Waals surface area contributed by atoms with Crippen LogP contribution in [0.2, 0.25) is 0 Å². The number of benzene rings is 1. The molecule has 0 amide bonds. The van der Waals surface area contributed by atoms with E-state index in [1.807, 2.05) is 30.2 Å². The lowest BCUT2D eigenvalue weighted by molar-refractivity contribution is 0.785. The van der Waals surface area contributed by atoms with Crippen molar-refractivity contribution in [2.75, 3.05) is 11.1 Å². The van der Waals surface area contributed by atoms with Crippen LogP contribution in [0, 0.1) is 0 Å². The first-order valence-electron chi connectivity index (χ1n) is 7.92. The van der Waals surface area contributed by atoms with Crippen molar-refractivity contribution in [1.82, 2.24) is 29.3 Å². The minimum absolute atomic E-state index is 0.425. The fraction of sp³-hybridized carbons (Fsp3) is 0.176. The van der Waals surface area contributed by atoms with Gasteiger partial charge < -0.3 is 15.6 Å². The number of nitrogen functional groups attached to an aromatic ring is 1. The molecule has 25 heavy (non-hydrogen) atoms. The minimum atomic E-state index is 0.425. The third-order valence-corrected chi connectivity index (χ3v) is 3.99. The van der Waals surface area contributed by atoms with Crippen LogP contribution >= 0.6 is 0 Å². The van der Waals surface area contributed by atoms with Gasteiger partial charge in [-0.3, -0.25) is 4.68 Å². The van der Waals surface area contributed by atoms with Gasteiger partial charge in [0.05, 0.1) is 17.9 Å². The fourth-order valence-corrected chi connectivity index (χ4v) is 2.73. The molecule has 8 nitrogen and oxygen atoms in total. The summed E-state index contributed by atoms with van der Waals surface area (Å²) in [5, 5.41) is 8.16. The van der Waals surface area contributed by atoms with E-state index in [1.54, 1.807) is 17.1 Å². The Balaban J connectivity index is 1.50. The van der Waals surface area contributed by atoms with Gasteiger partial charge in [0.15, 0.2) is 5.65 Å². The molecule has 4 rings (SSSR count). The van der Waals surface area contributed by atoms with Gasteiger partial charge in [-0.05, 0) is 11.1 Å². The lowest BCUT2D eigenvalue weighted by Gasteiger charge is -2.09. The van der Waals surface area contributed by atoms with Crippen LogP contribution in [-0.2, 0) is 20.1 Å². The summed E-state index contributed by atoms with van der Waals surface area (Å²) >= 11 is 0. The molecule has 0 atom stereocenters. The molecule has 3 heterocycles. The zero-order valence-corrected chi connectivity index (χ0v) is 13.8. The minimum Gasteiger partial charge on any atom is -0.383 e. The normalized spacial score (nSPS) is 11.1. The molecule has 0 fully saturated rings. The van der Waals surface area contributed by atoms with E-state index in [0.717, 1.165) is 17.5 Å². The second kappa shape index (κ2) is 6.23. The summed E-state index contributed by atoms with van der Waals surface area (Å²) in [6.07, 6.45) is 7.21. The van der Waals surface area contributed by atoms with Crippen molar-refractivity contribution in [3.05, 3.63) is 60.3 Å². The predicted octanol–water partition coefficient (Wildman–Crippen LogP) is 1.80. The zero-order valence-electron chi connectivity index (χ0n) is 13.8. The van der Waals surface area contributed by atoms with Gasteiger partial charge in [-0.1, -0.05) is 24.3 Å². The first kappa shape index (κ1) is 15.1. The molecule has 3 aromatic heterocycles. The highest BCUT2D eigenvalue weighted by Crippen LogP contribution is 2.18. The predicted molar refractivity (Wildman–Crippen MR) is 95.8 cm³/mol. The molecule has 0 saturated heterocycles. The van der Waals surface area contributed by atoms with Gasteiger partial charge in [0.2, 0.25) is 5.95 Å². The summed E-state index contributed by atoms with van der Waals surface area (Å²) < 4.78 is 3.72. The third-order valence-electron chi connectivity index (χ3n) is 3.99. The number of hydrogen-bond acceptors (Lipinski definition) is 6. The molecule has 0 aliphatic heterocycles. The molecular weight excluding hydrogens is 316 g/mol. The average molecular weight is 334 g/mol. The number of imidazole rings is 1. The van der Waals surface area contributed by atoms with E-state index < -0.39 is 0 Å². The highest BCUT2D eigenvalue weighted by Gasteiger charge is 2.09. The van der Waals surface area contributed by atoms with E-state index in [0.29, 0.717) is 24.0 Å². The van der Waals surface area contributed by atoms with Gasteiger partial charge in [-0.25, -0.2) is 4.98 Å². The molecule has 0 bridgehead atoms. The summed E-state index contributed by atoms with van der Waals surface area (Å²) in [6, 6.07) is 8.36. The molecular formula is C17H18N8. The zero-order chi connectivity index (χ0) is 17.2. The van der Waals surface area contributed by atoms with E-state index in [2.05, 4.69) is 43.6 Å². The van der Waals surface area contributed by atoms with Gasteiger partial charge in [0, 0.05) is 32.5 Å². The highest BCUT2D eigenvalue weighted by molar-refractivity contribution is 5.86. The number of fused-ring (bicyclic) bond motifs is 1. The molecule has 0 saturated carbocycles. The van der Waals surface area contributed by atoms with Crippen molar-refractivity contribution in [1.29, 1.82) is 0 Å². The molecule has 4 aromatic rings. The molecule has 0 aliphatic rings. The molecule has 0 spiro atoms. The first-order valence-corrected chi connectivity index (χ1v) is 7.92. The number of anilines is 2. The number of nitrogens with zero attached hydrogens (tertiary/aromatic N) is 6. The largest absolute Gasteiger partial charge is 0.383 e. The van der Waals surface area contributed by atoms with Gasteiger partial charge >= 0.3 is 0 Å². The third kappa shape index (κ3) is 3.14. The van der Waals surface area contributed by atoms with Crippen LogP contribution in [0.4, 0.5) is 11.8 Å². The van der Waals surface area contributed by atoms with Crippen LogP contribution < -0.4 is 11.1 Å². The Morgan fingerprint density at radius 3 is 2.92 bits per heavy atom. The maximum atomic E-state index is 5.99. The second-order valence-corrected chi connectivity index (χ2v) is 5.85. The molecule has 0 unspecified atom stereocenters. The standard InChI is InChI=1S/C17H18N8/c1-24-16-14(9-21-24)15(18)22-17(23-16)20-8-12-3-2-4-13(7-12)10-25-6-5-19-11-25/h2-7,9,11H,8,10H2,1H3,(H3,18,20,22,23). The number of aryl methyl sites for hydroxylation is 1. The Morgan fingerprint density at radius 2 is 2.08 bits per heavy atom. The van der Waals surface area contributed by atoms with E-state index in [9.17, 15) is 0 Å². The van der Waals surface area contributed by atoms with Crippen molar-refractivity contribution in [2.24, 2.45) is 7.05 Å². The van der Waals surface area contributed by atoms with Crippen LogP contribution in [0.15, 0.2) is 49.2 Å². The maximum Gasteiger partial charge on any atom is 0.226 e. The van der Waals surface area contributed by atoms with Crippen LogP contribution in [0.1, 0.15) is 11.1 Å². The number of hydrogen-bond donors (Lipinski definition) is 2. The number of aromatic nitrogens is 6. The number of rotatable bonds is 5. The summed E-state index contributed by atoms with van der Waals surface area (Å²) in [6.45, 7) is 1.40. The van der Waals surface area contributed by atoms with Gasteiger partial charge in [-0.15, -0.1) is 0 Å². The summed E-state index contributed by atoms with van der Waals surface area (Å²) in [7, 11) is 1.83. The molecule has 0 aliphatic carbocycles. The van der Waals surface area contributed by atoms with Crippen molar-refractivity contribution < 1.29 is 0 Å². The first-order chi connectivity index (χ1) is 12.2. The molecule has 126 valence electrons. The quantitative estimate of drug-likeness (QED) is 0.577. The Labute approximate surface area is 144 Å². The lowest BCUT2D eigenvalue weighted by Crippen LogP contribution is -2.07. The van der Waals surface area contributed by atoms with Gasteiger partial charge in [-0.2, -0.15) is 15.1 Å².